The minimum absolute atomic E-state index is 0. The average molecular weight is 417 g/mol. The summed E-state index contributed by atoms with van der Waals surface area (Å²) in [4.78, 5) is 26.2. The first kappa shape index (κ1) is 19.2. The number of anilines is 1. The summed E-state index contributed by atoms with van der Waals surface area (Å²) < 4.78 is 1.01. The van der Waals surface area contributed by atoms with E-state index in [-0.39, 0.29) is 42.6 Å². The molecule has 1 aliphatic heterocycles. The zero-order chi connectivity index (χ0) is 16.6. The number of carbonyl (C=O) groups excluding carboxylic acids is 2. The third kappa shape index (κ3) is 4.29. The molecule has 1 saturated heterocycles. The molecule has 1 aliphatic carbocycles. The summed E-state index contributed by atoms with van der Waals surface area (Å²) in [5.41, 5.74) is 7.92. The van der Waals surface area contributed by atoms with Crippen molar-refractivity contribution in [2.75, 3.05) is 18.0 Å². The van der Waals surface area contributed by atoms with E-state index in [1.807, 2.05) is 25.1 Å². The number of nitrogens with two attached hydrogens (primary N) is 1. The van der Waals surface area contributed by atoms with E-state index in [4.69, 9.17) is 5.73 Å². The Bertz CT molecular complexity index is 636. The Kier molecular flexibility index (Phi) is 6.28. The highest BCUT2D eigenvalue weighted by Crippen LogP contribution is 2.31. The fraction of sp³-hybridized carbons (Fsp3) is 0.529. The van der Waals surface area contributed by atoms with Crippen molar-refractivity contribution in [3.63, 3.8) is 0 Å². The summed E-state index contributed by atoms with van der Waals surface area (Å²) in [7, 11) is 0. The van der Waals surface area contributed by atoms with Crippen LogP contribution in [-0.2, 0) is 9.59 Å². The van der Waals surface area contributed by atoms with Crippen LogP contribution in [0.2, 0.25) is 0 Å². The molecule has 7 heteroatoms. The number of aryl methyl sites for hydroxylation is 1. The summed E-state index contributed by atoms with van der Waals surface area (Å²) in [6, 6.07) is 5.84. The molecule has 24 heavy (non-hydrogen) atoms. The first-order chi connectivity index (χ1) is 11.0. The summed E-state index contributed by atoms with van der Waals surface area (Å²) in [5.74, 6) is 0.199. The highest BCUT2D eigenvalue weighted by atomic mass is 79.9. The van der Waals surface area contributed by atoms with Gasteiger partial charge in [0.2, 0.25) is 11.8 Å². The van der Waals surface area contributed by atoms with Gasteiger partial charge in [-0.1, -0.05) is 15.9 Å². The Morgan fingerprint density at radius 3 is 2.79 bits per heavy atom. The Labute approximate surface area is 156 Å². The van der Waals surface area contributed by atoms with Gasteiger partial charge in [-0.3, -0.25) is 9.59 Å². The lowest BCUT2D eigenvalue weighted by atomic mass is 10.1. The summed E-state index contributed by atoms with van der Waals surface area (Å²) in [6.07, 6.45) is 2.59. The second kappa shape index (κ2) is 7.85. The lowest BCUT2D eigenvalue weighted by Gasteiger charge is -2.18. The van der Waals surface area contributed by atoms with Crippen LogP contribution in [0.25, 0.3) is 0 Å². The molecule has 0 spiro atoms. The highest BCUT2D eigenvalue weighted by molar-refractivity contribution is 9.10. The molecular formula is C17H23BrClN3O2. The van der Waals surface area contributed by atoms with E-state index in [0.29, 0.717) is 19.0 Å². The summed E-state index contributed by atoms with van der Waals surface area (Å²) in [6.45, 7) is 2.92. The number of carbonyl (C=O) groups is 2. The number of hydrogen-bond donors (Lipinski definition) is 2. The maximum absolute atomic E-state index is 12.3. The van der Waals surface area contributed by atoms with Crippen LogP contribution in [0, 0.1) is 18.8 Å². The quantitative estimate of drug-likeness (QED) is 0.774. The van der Waals surface area contributed by atoms with Gasteiger partial charge in [-0.2, -0.15) is 0 Å². The Morgan fingerprint density at radius 2 is 2.17 bits per heavy atom. The van der Waals surface area contributed by atoms with Crippen LogP contribution in [-0.4, -0.2) is 30.9 Å². The standard InChI is InChI=1S/C17H22BrN3O2.ClH/c1-10-6-13(4-5-14(10)18)21-9-12(7-16(21)22)17(23)20-8-15(19)11-2-3-11;/h4-6,11-12,15H,2-3,7-9,19H2,1H3,(H,20,23);1H. The first-order valence-corrected chi connectivity index (χ1v) is 8.85. The van der Waals surface area contributed by atoms with Crippen molar-refractivity contribution in [2.24, 2.45) is 17.6 Å². The zero-order valence-electron chi connectivity index (χ0n) is 13.6. The molecular weight excluding hydrogens is 394 g/mol. The number of benzene rings is 1. The van der Waals surface area contributed by atoms with Gasteiger partial charge in [-0.15, -0.1) is 12.4 Å². The number of amides is 2. The summed E-state index contributed by atoms with van der Waals surface area (Å²) >= 11 is 3.46. The average Bonchev–Trinajstić information content (AvgIpc) is 3.30. The van der Waals surface area contributed by atoms with E-state index in [9.17, 15) is 9.59 Å². The van der Waals surface area contributed by atoms with Crippen molar-refractivity contribution in [3.8, 4) is 0 Å². The summed E-state index contributed by atoms with van der Waals surface area (Å²) in [5, 5.41) is 2.91. The Balaban J connectivity index is 0.00000208. The van der Waals surface area contributed by atoms with Gasteiger partial charge < -0.3 is 16.0 Å². The number of nitrogens with one attached hydrogen (secondary N) is 1. The Hall–Kier alpha value is -1.11. The van der Waals surface area contributed by atoms with E-state index in [0.717, 1.165) is 28.6 Å². The molecule has 2 unspecified atom stereocenters. The molecule has 3 rings (SSSR count). The van der Waals surface area contributed by atoms with E-state index in [1.165, 1.54) is 0 Å². The second-order valence-corrected chi connectivity index (χ2v) is 7.44. The van der Waals surface area contributed by atoms with Crippen LogP contribution in [0.15, 0.2) is 22.7 Å². The fourth-order valence-electron chi connectivity index (χ4n) is 2.98. The van der Waals surface area contributed by atoms with E-state index >= 15 is 0 Å². The van der Waals surface area contributed by atoms with Gasteiger partial charge >= 0.3 is 0 Å². The van der Waals surface area contributed by atoms with Crippen molar-refractivity contribution in [1.82, 2.24) is 5.32 Å². The molecule has 2 aliphatic rings. The van der Waals surface area contributed by atoms with Gasteiger partial charge in [0.25, 0.3) is 0 Å². The minimum Gasteiger partial charge on any atom is -0.354 e. The van der Waals surface area contributed by atoms with E-state index in [1.54, 1.807) is 4.90 Å². The number of rotatable bonds is 5. The number of hydrogen-bond acceptors (Lipinski definition) is 3. The van der Waals surface area contributed by atoms with Gasteiger partial charge in [0.1, 0.15) is 0 Å². The topological polar surface area (TPSA) is 75.4 Å². The monoisotopic (exact) mass is 415 g/mol. The van der Waals surface area contributed by atoms with Crippen LogP contribution < -0.4 is 16.0 Å². The smallest absolute Gasteiger partial charge is 0.227 e. The van der Waals surface area contributed by atoms with Crippen molar-refractivity contribution in [1.29, 1.82) is 0 Å². The third-order valence-electron chi connectivity index (χ3n) is 4.69. The lowest BCUT2D eigenvalue weighted by molar-refractivity contribution is -0.126. The van der Waals surface area contributed by atoms with Crippen molar-refractivity contribution < 1.29 is 9.59 Å². The predicted molar refractivity (Wildman–Crippen MR) is 100 cm³/mol. The van der Waals surface area contributed by atoms with Crippen LogP contribution in [0.4, 0.5) is 5.69 Å². The highest BCUT2D eigenvalue weighted by Gasteiger charge is 2.36. The molecule has 2 amide bonds. The lowest BCUT2D eigenvalue weighted by Crippen LogP contribution is -2.41. The first-order valence-electron chi connectivity index (χ1n) is 8.05. The molecule has 2 atom stereocenters. The molecule has 1 aromatic rings. The number of nitrogens with zero attached hydrogens (tertiary/aromatic N) is 1. The molecule has 0 aromatic heterocycles. The number of halogens is 2. The molecule has 1 saturated carbocycles. The van der Waals surface area contributed by atoms with E-state index in [2.05, 4.69) is 21.2 Å². The molecule has 0 radical (unpaired) electrons. The second-order valence-electron chi connectivity index (χ2n) is 6.59. The molecule has 1 aromatic carbocycles. The van der Waals surface area contributed by atoms with Crippen LogP contribution in [0.1, 0.15) is 24.8 Å². The van der Waals surface area contributed by atoms with Gasteiger partial charge in [0.05, 0.1) is 5.92 Å². The minimum atomic E-state index is -0.294. The predicted octanol–water partition coefficient (Wildman–Crippen LogP) is 2.39. The molecule has 2 fully saturated rings. The van der Waals surface area contributed by atoms with Crippen molar-refractivity contribution in [3.05, 3.63) is 28.2 Å². The molecule has 1 heterocycles. The van der Waals surface area contributed by atoms with Gasteiger partial charge in [-0.25, -0.2) is 0 Å². The maximum Gasteiger partial charge on any atom is 0.227 e. The largest absolute Gasteiger partial charge is 0.354 e. The molecule has 132 valence electrons. The molecule has 3 N–H and O–H groups in total. The van der Waals surface area contributed by atoms with Crippen LogP contribution >= 0.6 is 28.3 Å². The van der Waals surface area contributed by atoms with Crippen LogP contribution in [0.5, 0.6) is 0 Å². The third-order valence-corrected chi connectivity index (χ3v) is 5.58. The normalized spacial score (nSPS) is 21.4. The van der Waals surface area contributed by atoms with Gasteiger partial charge in [0.15, 0.2) is 0 Å². The van der Waals surface area contributed by atoms with Gasteiger partial charge in [0, 0.05) is 35.7 Å². The fourth-order valence-corrected chi connectivity index (χ4v) is 3.23. The maximum atomic E-state index is 12.3. The molecule has 0 bridgehead atoms. The SMILES string of the molecule is Cc1cc(N2CC(C(=O)NCC(N)C3CC3)CC2=O)ccc1Br.Cl. The Morgan fingerprint density at radius 1 is 1.46 bits per heavy atom. The van der Waals surface area contributed by atoms with Crippen LogP contribution in [0.3, 0.4) is 0 Å². The van der Waals surface area contributed by atoms with Crippen molar-refractivity contribution in [2.45, 2.75) is 32.2 Å². The van der Waals surface area contributed by atoms with Crippen molar-refractivity contribution >= 4 is 45.8 Å². The van der Waals surface area contributed by atoms with E-state index < -0.39 is 0 Å². The zero-order valence-corrected chi connectivity index (χ0v) is 16.0. The van der Waals surface area contributed by atoms with Gasteiger partial charge in [-0.05, 0) is 49.4 Å². The molecule has 5 nitrogen and oxygen atoms in total.